The van der Waals surface area contributed by atoms with E-state index in [1.54, 1.807) is 23.1 Å². The Morgan fingerprint density at radius 1 is 1.11 bits per heavy atom. The van der Waals surface area contributed by atoms with Crippen molar-refractivity contribution in [2.75, 3.05) is 17.3 Å². The normalized spacial score (nSPS) is 15.8. The number of halogens is 3. The fourth-order valence-corrected chi connectivity index (χ4v) is 4.11. The Morgan fingerprint density at radius 3 is 2.46 bits per heavy atom. The number of anilines is 2. The molecule has 1 aromatic carbocycles. The molecule has 1 aliphatic rings. The number of ether oxygens (including phenoxy) is 1. The van der Waals surface area contributed by atoms with E-state index in [-0.39, 0.29) is 23.6 Å². The summed E-state index contributed by atoms with van der Waals surface area (Å²) in [6.07, 6.45) is -2.13. The second kappa shape index (κ2) is 9.51. The van der Waals surface area contributed by atoms with Gasteiger partial charge in [-0.15, -0.1) is 13.2 Å². The van der Waals surface area contributed by atoms with Gasteiger partial charge in [0.25, 0.3) is 0 Å². The SMILES string of the molecule is Cc1nc(CCc2ncn(Cc3ccc(OC(F)(F)F)cc3)n2)nc2c1NC(=O)[C@H](C(C)C)N2C. The number of aromatic nitrogens is 5. The molecule has 1 atom stereocenters. The molecule has 1 amide bonds. The summed E-state index contributed by atoms with van der Waals surface area (Å²) in [5.41, 5.74) is 2.09. The minimum atomic E-state index is -4.72. The number of carbonyl (C=O) groups excluding carboxylic acids is 1. The Bertz CT molecular complexity index is 1210. The lowest BCUT2D eigenvalue weighted by molar-refractivity contribution is -0.274. The van der Waals surface area contributed by atoms with E-state index < -0.39 is 6.36 Å². The average molecular weight is 490 g/mol. The number of nitrogens with one attached hydrogen (secondary N) is 1. The van der Waals surface area contributed by atoms with Gasteiger partial charge in [0, 0.05) is 19.9 Å². The van der Waals surface area contributed by atoms with Crippen LogP contribution in [0.3, 0.4) is 0 Å². The van der Waals surface area contributed by atoms with Crippen LogP contribution in [0.4, 0.5) is 24.7 Å². The summed E-state index contributed by atoms with van der Waals surface area (Å²) in [7, 11) is 1.86. The molecule has 0 saturated carbocycles. The average Bonchev–Trinajstić information content (AvgIpc) is 3.20. The first-order chi connectivity index (χ1) is 16.5. The van der Waals surface area contributed by atoms with Gasteiger partial charge in [-0.2, -0.15) is 5.10 Å². The predicted octanol–water partition coefficient (Wildman–Crippen LogP) is 3.52. The zero-order valence-electron chi connectivity index (χ0n) is 19.8. The summed E-state index contributed by atoms with van der Waals surface area (Å²) in [6.45, 7) is 6.18. The highest BCUT2D eigenvalue weighted by atomic mass is 19.4. The second-order valence-electron chi connectivity index (χ2n) is 8.76. The first-order valence-corrected chi connectivity index (χ1v) is 11.1. The number of aryl methyl sites for hydroxylation is 3. The summed E-state index contributed by atoms with van der Waals surface area (Å²) < 4.78 is 42.4. The number of amides is 1. The quantitative estimate of drug-likeness (QED) is 0.542. The molecule has 3 heterocycles. The van der Waals surface area contributed by atoms with Crippen molar-refractivity contribution in [3.05, 3.63) is 53.5 Å². The van der Waals surface area contributed by atoms with Crippen molar-refractivity contribution in [3.8, 4) is 5.75 Å². The number of carbonyl (C=O) groups is 1. The standard InChI is InChI=1S/C23H26F3N7O2/c1-13(2)20-22(34)30-19-14(3)28-18(29-21(19)32(20)4)10-9-17-27-12-33(31-17)11-15-5-7-16(8-6-15)35-23(24,25)26/h5-8,12-13,20H,9-11H2,1-4H3,(H,30,34)/t20-/m0/s1. The molecule has 2 aromatic heterocycles. The number of benzene rings is 1. The maximum atomic E-state index is 12.5. The molecular formula is C23H26F3N7O2. The van der Waals surface area contributed by atoms with E-state index in [0.717, 1.165) is 5.56 Å². The maximum Gasteiger partial charge on any atom is 0.573 e. The van der Waals surface area contributed by atoms with Crippen molar-refractivity contribution in [3.63, 3.8) is 0 Å². The van der Waals surface area contributed by atoms with E-state index in [4.69, 9.17) is 4.98 Å². The van der Waals surface area contributed by atoms with Crippen LogP contribution in [0.15, 0.2) is 30.6 Å². The molecule has 0 spiro atoms. The van der Waals surface area contributed by atoms with Crippen LogP contribution in [0, 0.1) is 12.8 Å². The van der Waals surface area contributed by atoms with E-state index >= 15 is 0 Å². The topological polar surface area (TPSA) is 98.1 Å². The summed E-state index contributed by atoms with van der Waals surface area (Å²) >= 11 is 0. The Kier molecular flexibility index (Phi) is 6.64. The number of likely N-dealkylation sites (N-methyl/N-ethyl adjacent to an activating group) is 1. The molecule has 12 heteroatoms. The highest BCUT2D eigenvalue weighted by Crippen LogP contribution is 2.33. The fourth-order valence-electron chi connectivity index (χ4n) is 4.11. The van der Waals surface area contributed by atoms with Crippen molar-refractivity contribution < 1.29 is 22.7 Å². The molecule has 0 radical (unpaired) electrons. The van der Waals surface area contributed by atoms with Crippen molar-refractivity contribution in [1.29, 1.82) is 0 Å². The second-order valence-corrected chi connectivity index (χ2v) is 8.76. The monoisotopic (exact) mass is 489 g/mol. The molecular weight excluding hydrogens is 463 g/mol. The largest absolute Gasteiger partial charge is 0.573 e. The van der Waals surface area contributed by atoms with Gasteiger partial charge < -0.3 is 15.0 Å². The smallest absolute Gasteiger partial charge is 0.406 e. The third-order valence-corrected chi connectivity index (χ3v) is 5.67. The van der Waals surface area contributed by atoms with Gasteiger partial charge in [0.15, 0.2) is 11.6 Å². The molecule has 1 aliphatic heterocycles. The number of nitrogens with zero attached hydrogens (tertiary/aromatic N) is 6. The fraction of sp³-hybridized carbons (Fsp3) is 0.435. The van der Waals surface area contributed by atoms with E-state index in [1.165, 1.54) is 12.1 Å². The zero-order chi connectivity index (χ0) is 25.3. The van der Waals surface area contributed by atoms with Crippen molar-refractivity contribution in [1.82, 2.24) is 24.7 Å². The molecule has 0 fully saturated rings. The van der Waals surface area contributed by atoms with Crippen LogP contribution < -0.4 is 15.0 Å². The molecule has 0 bridgehead atoms. The first-order valence-electron chi connectivity index (χ1n) is 11.1. The van der Waals surface area contributed by atoms with Gasteiger partial charge in [-0.25, -0.2) is 19.6 Å². The molecule has 1 N–H and O–H groups in total. The third kappa shape index (κ3) is 5.69. The van der Waals surface area contributed by atoms with E-state index in [9.17, 15) is 18.0 Å². The minimum Gasteiger partial charge on any atom is -0.406 e. The molecule has 186 valence electrons. The lowest BCUT2D eigenvalue weighted by Gasteiger charge is -2.36. The first kappa shape index (κ1) is 24.4. The van der Waals surface area contributed by atoms with Gasteiger partial charge in [-0.1, -0.05) is 26.0 Å². The van der Waals surface area contributed by atoms with Crippen LogP contribution in [0.5, 0.6) is 5.75 Å². The summed E-state index contributed by atoms with van der Waals surface area (Å²) in [4.78, 5) is 27.9. The zero-order valence-corrected chi connectivity index (χ0v) is 19.8. The third-order valence-electron chi connectivity index (χ3n) is 5.67. The minimum absolute atomic E-state index is 0.0632. The lowest BCUT2D eigenvalue weighted by atomic mass is 9.99. The molecule has 0 saturated heterocycles. The Morgan fingerprint density at radius 2 is 1.80 bits per heavy atom. The van der Waals surface area contributed by atoms with Crippen LogP contribution in [0.1, 0.15) is 36.8 Å². The van der Waals surface area contributed by atoms with Crippen molar-refractivity contribution in [2.45, 2.75) is 52.6 Å². The summed E-state index contributed by atoms with van der Waals surface area (Å²) in [5, 5.41) is 7.38. The van der Waals surface area contributed by atoms with Crippen LogP contribution in [0.2, 0.25) is 0 Å². The van der Waals surface area contributed by atoms with Gasteiger partial charge >= 0.3 is 6.36 Å². The Labute approximate surface area is 200 Å². The predicted molar refractivity (Wildman–Crippen MR) is 122 cm³/mol. The molecule has 9 nitrogen and oxygen atoms in total. The van der Waals surface area contributed by atoms with Crippen molar-refractivity contribution in [2.24, 2.45) is 5.92 Å². The van der Waals surface area contributed by atoms with E-state index in [1.807, 2.05) is 32.7 Å². The maximum absolute atomic E-state index is 12.5. The molecule has 4 rings (SSSR count). The Balaban J connectivity index is 1.40. The highest BCUT2D eigenvalue weighted by Gasteiger charge is 2.35. The van der Waals surface area contributed by atoms with Crippen molar-refractivity contribution >= 4 is 17.4 Å². The molecule has 0 unspecified atom stereocenters. The lowest BCUT2D eigenvalue weighted by Crippen LogP contribution is -2.49. The van der Waals surface area contributed by atoms with Gasteiger partial charge in [0.1, 0.15) is 29.6 Å². The van der Waals surface area contributed by atoms with Crippen LogP contribution in [-0.2, 0) is 24.2 Å². The van der Waals surface area contributed by atoms with Gasteiger partial charge in [0.2, 0.25) is 5.91 Å². The van der Waals surface area contributed by atoms with E-state index in [2.05, 4.69) is 25.1 Å². The summed E-state index contributed by atoms with van der Waals surface area (Å²) in [6, 6.07) is 5.31. The van der Waals surface area contributed by atoms with Crippen LogP contribution >= 0.6 is 0 Å². The molecule has 35 heavy (non-hydrogen) atoms. The molecule has 0 aliphatic carbocycles. The van der Waals surface area contributed by atoms with Gasteiger partial charge in [0.05, 0.1) is 12.2 Å². The van der Waals surface area contributed by atoms with Crippen LogP contribution in [-0.4, -0.2) is 50.1 Å². The highest BCUT2D eigenvalue weighted by molar-refractivity contribution is 6.03. The van der Waals surface area contributed by atoms with Gasteiger partial charge in [-0.05, 0) is 30.5 Å². The number of rotatable bonds is 7. The number of fused-ring (bicyclic) bond motifs is 1. The summed E-state index contributed by atoms with van der Waals surface area (Å²) in [5.74, 6) is 1.71. The van der Waals surface area contributed by atoms with E-state index in [0.29, 0.717) is 48.2 Å². The number of hydrogen-bond donors (Lipinski definition) is 1. The Hall–Kier alpha value is -3.70. The number of alkyl halides is 3. The molecule has 3 aromatic rings. The van der Waals surface area contributed by atoms with Crippen LogP contribution in [0.25, 0.3) is 0 Å². The number of hydrogen-bond acceptors (Lipinski definition) is 7. The van der Waals surface area contributed by atoms with Gasteiger partial charge in [-0.3, -0.25) is 4.79 Å².